The van der Waals surface area contributed by atoms with Crippen LogP contribution in [0.15, 0.2) is 194 Å². The predicted molar refractivity (Wildman–Crippen MR) is 322 cm³/mol. The van der Waals surface area contributed by atoms with E-state index in [9.17, 15) is 0 Å². The van der Waals surface area contributed by atoms with Crippen molar-refractivity contribution in [1.82, 2.24) is 0 Å². The van der Waals surface area contributed by atoms with Gasteiger partial charge in [0, 0.05) is 57.5 Å². The lowest BCUT2D eigenvalue weighted by Crippen LogP contribution is -2.62. The molecule has 0 radical (unpaired) electrons. The second-order valence-corrected chi connectivity index (χ2v) is 25.3. The number of anilines is 9. The number of hydrogen-bond acceptors (Lipinski definition) is 3. The third-order valence-corrected chi connectivity index (χ3v) is 17.4. The first kappa shape index (κ1) is 47.2. The summed E-state index contributed by atoms with van der Waals surface area (Å²) in [5.74, 6) is 0. The molecule has 0 aromatic heterocycles. The van der Waals surface area contributed by atoms with E-state index < -0.39 is 0 Å². The van der Waals surface area contributed by atoms with Gasteiger partial charge in [0.15, 0.2) is 0 Å². The van der Waals surface area contributed by atoms with Crippen molar-refractivity contribution in [3.63, 3.8) is 0 Å². The summed E-state index contributed by atoms with van der Waals surface area (Å²) >= 11 is 0. The molecular formula is C71H68BN3. The summed E-state index contributed by atoms with van der Waals surface area (Å²) in [6.45, 7) is 24.0. The van der Waals surface area contributed by atoms with E-state index in [1.165, 1.54) is 118 Å². The number of rotatable bonds is 5. The third kappa shape index (κ3) is 7.69. The Bertz CT molecular complexity index is 3680. The van der Waals surface area contributed by atoms with Gasteiger partial charge in [0.05, 0.1) is 5.69 Å². The van der Waals surface area contributed by atoms with Gasteiger partial charge in [-0.15, -0.1) is 0 Å². The zero-order chi connectivity index (χ0) is 51.8. The summed E-state index contributed by atoms with van der Waals surface area (Å²) in [5, 5.41) is 0. The Balaban J connectivity index is 1.16. The SMILES string of the molecule is CC(C)(C)c1ccc(N2c3cc4c(cc3B3c5cc(N6c7ccccc7Cc7ccccc76)ccc5N(c5ccc(-c6ccccc6)cc5)c5cc(C(C)(C)C)cc2c53)C(C)(C)CCC4(C)C)c(-c2ccccc2)c1. The Hall–Kier alpha value is -7.56. The van der Waals surface area contributed by atoms with Gasteiger partial charge in [-0.25, -0.2) is 0 Å². The number of hydrogen-bond donors (Lipinski definition) is 0. The fraction of sp³-hybridized carbons (Fsp3) is 0.239. The minimum atomic E-state index is -0.158. The first-order valence-electron chi connectivity index (χ1n) is 27.4. The zero-order valence-corrected chi connectivity index (χ0v) is 45.5. The summed E-state index contributed by atoms with van der Waals surface area (Å²) in [6, 6.07) is 74.4. The van der Waals surface area contributed by atoms with Crippen LogP contribution in [0.2, 0.25) is 0 Å². The minimum absolute atomic E-state index is 0.000565. The van der Waals surface area contributed by atoms with Crippen molar-refractivity contribution in [3.05, 3.63) is 228 Å². The van der Waals surface area contributed by atoms with Gasteiger partial charge in [-0.3, -0.25) is 0 Å². The molecular weight excluding hydrogens is 906 g/mol. The van der Waals surface area contributed by atoms with Crippen molar-refractivity contribution in [3.8, 4) is 22.3 Å². The molecule has 4 heteroatoms. The standard InChI is InChI=1S/C71H68BN3/c1-68(2,3)51-31-35-62(55(40-51)48-23-15-12-16-24-48)75-64-45-57-56(70(7,8)37-38-71(57,9)10)44-59(64)72-58-43-54(74-60-27-19-17-25-49(60)39-50-26-18-20-28-61(50)74)34-36-63(58)73(65-41-52(69(4,5)6)42-66(75)67(65)72)53-32-29-47(30-33-53)46-21-13-11-14-22-46/h11-36,40-45H,37-39H2,1-10H3. The smallest absolute Gasteiger partial charge is 0.252 e. The lowest BCUT2D eigenvalue weighted by molar-refractivity contribution is 0.332. The maximum atomic E-state index is 2.70. The van der Waals surface area contributed by atoms with Gasteiger partial charge in [-0.1, -0.05) is 191 Å². The van der Waals surface area contributed by atoms with Crippen LogP contribution < -0.4 is 31.1 Å². The molecule has 0 unspecified atom stereocenters. The second-order valence-electron chi connectivity index (χ2n) is 25.3. The topological polar surface area (TPSA) is 9.72 Å². The lowest BCUT2D eigenvalue weighted by atomic mass is 9.33. The molecule has 9 aromatic rings. The Labute approximate surface area is 446 Å². The fourth-order valence-corrected chi connectivity index (χ4v) is 13.0. The summed E-state index contributed by atoms with van der Waals surface area (Å²) in [5.41, 5.74) is 28.0. The molecule has 0 atom stereocenters. The molecule has 9 aromatic carbocycles. The van der Waals surface area contributed by atoms with E-state index in [1.54, 1.807) is 0 Å². The quantitative estimate of drug-likeness (QED) is 0.159. The van der Waals surface area contributed by atoms with Gasteiger partial charge in [-0.05, 0) is 174 Å². The monoisotopic (exact) mass is 974 g/mol. The highest BCUT2D eigenvalue weighted by Crippen LogP contribution is 2.53. The first-order valence-corrected chi connectivity index (χ1v) is 27.4. The maximum Gasteiger partial charge on any atom is 0.252 e. The Morgan fingerprint density at radius 2 is 0.867 bits per heavy atom. The van der Waals surface area contributed by atoms with Gasteiger partial charge in [0.25, 0.3) is 6.71 Å². The molecule has 13 rings (SSSR count). The highest BCUT2D eigenvalue weighted by atomic mass is 15.2. The van der Waals surface area contributed by atoms with Crippen molar-refractivity contribution in [2.75, 3.05) is 14.7 Å². The van der Waals surface area contributed by atoms with E-state index in [-0.39, 0.29) is 28.4 Å². The Morgan fingerprint density at radius 1 is 0.373 bits per heavy atom. The van der Waals surface area contributed by atoms with Crippen LogP contribution >= 0.6 is 0 Å². The van der Waals surface area contributed by atoms with Gasteiger partial charge in [-0.2, -0.15) is 0 Å². The van der Waals surface area contributed by atoms with Crippen LogP contribution in [0.25, 0.3) is 22.3 Å². The Kier molecular flexibility index (Phi) is 10.7. The van der Waals surface area contributed by atoms with E-state index >= 15 is 0 Å². The average Bonchev–Trinajstić information content (AvgIpc) is 3.41. The number of fused-ring (bicyclic) bond motifs is 7. The highest BCUT2D eigenvalue weighted by molar-refractivity contribution is 7.00. The van der Waals surface area contributed by atoms with E-state index in [0.717, 1.165) is 24.9 Å². The molecule has 0 bridgehead atoms. The van der Waals surface area contributed by atoms with Crippen LogP contribution in [0.1, 0.15) is 115 Å². The van der Waals surface area contributed by atoms with Crippen LogP contribution in [-0.2, 0) is 28.1 Å². The largest absolute Gasteiger partial charge is 0.311 e. The molecule has 1 aliphatic carbocycles. The molecule has 3 nitrogen and oxygen atoms in total. The van der Waals surface area contributed by atoms with E-state index in [1.807, 2.05) is 0 Å². The van der Waals surface area contributed by atoms with Crippen LogP contribution in [0, 0.1) is 0 Å². The van der Waals surface area contributed by atoms with Gasteiger partial charge < -0.3 is 14.7 Å². The molecule has 370 valence electrons. The predicted octanol–water partition coefficient (Wildman–Crippen LogP) is 17.4. The van der Waals surface area contributed by atoms with Crippen LogP contribution in [0.4, 0.5) is 51.2 Å². The molecule has 3 aliphatic heterocycles. The molecule has 75 heavy (non-hydrogen) atoms. The van der Waals surface area contributed by atoms with Crippen molar-refractivity contribution < 1.29 is 0 Å². The number of nitrogens with zero attached hydrogens (tertiary/aromatic N) is 3. The van der Waals surface area contributed by atoms with E-state index in [0.29, 0.717) is 0 Å². The molecule has 0 N–H and O–H groups in total. The highest BCUT2D eigenvalue weighted by Gasteiger charge is 2.48. The fourth-order valence-electron chi connectivity index (χ4n) is 13.0. The van der Waals surface area contributed by atoms with Crippen LogP contribution in [0.3, 0.4) is 0 Å². The Morgan fingerprint density at radius 3 is 1.48 bits per heavy atom. The van der Waals surface area contributed by atoms with Crippen molar-refractivity contribution in [2.45, 2.75) is 110 Å². The molecule has 0 spiro atoms. The van der Waals surface area contributed by atoms with Crippen LogP contribution in [-0.4, -0.2) is 6.71 Å². The summed E-state index contributed by atoms with van der Waals surface area (Å²) in [4.78, 5) is 7.84. The molecule has 0 amide bonds. The first-order chi connectivity index (χ1) is 35.9. The summed E-state index contributed by atoms with van der Waals surface area (Å²) in [7, 11) is 0. The van der Waals surface area contributed by atoms with Crippen molar-refractivity contribution >= 4 is 74.3 Å². The normalized spacial score (nSPS) is 15.8. The lowest BCUT2D eigenvalue weighted by Gasteiger charge is -2.48. The van der Waals surface area contributed by atoms with Crippen LogP contribution in [0.5, 0.6) is 0 Å². The molecule has 3 heterocycles. The molecule has 0 saturated carbocycles. The van der Waals surface area contributed by atoms with Crippen molar-refractivity contribution in [2.24, 2.45) is 0 Å². The van der Waals surface area contributed by atoms with E-state index in [2.05, 4.69) is 278 Å². The summed E-state index contributed by atoms with van der Waals surface area (Å²) < 4.78 is 0. The minimum Gasteiger partial charge on any atom is -0.311 e. The average molecular weight is 974 g/mol. The number of benzene rings is 9. The molecule has 4 aliphatic rings. The van der Waals surface area contributed by atoms with Gasteiger partial charge >= 0.3 is 0 Å². The maximum absolute atomic E-state index is 2.70. The van der Waals surface area contributed by atoms with E-state index in [4.69, 9.17) is 0 Å². The molecule has 0 saturated heterocycles. The summed E-state index contributed by atoms with van der Waals surface area (Å²) in [6.07, 6.45) is 3.20. The van der Waals surface area contributed by atoms with Gasteiger partial charge in [0.2, 0.25) is 0 Å². The van der Waals surface area contributed by atoms with Crippen molar-refractivity contribution in [1.29, 1.82) is 0 Å². The third-order valence-electron chi connectivity index (χ3n) is 17.4. The second kappa shape index (κ2) is 17.0. The molecule has 0 fully saturated rings. The number of para-hydroxylation sites is 2. The zero-order valence-electron chi connectivity index (χ0n) is 45.5. The van der Waals surface area contributed by atoms with Gasteiger partial charge in [0.1, 0.15) is 0 Å².